The van der Waals surface area contributed by atoms with Crippen LogP contribution in [0.2, 0.25) is 0 Å². The molecule has 0 spiro atoms. The van der Waals surface area contributed by atoms with Crippen LogP contribution in [-0.4, -0.2) is 33.9 Å². The molecule has 0 radical (unpaired) electrons. The van der Waals surface area contributed by atoms with Crippen LogP contribution in [0.4, 0.5) is 0 Å². The van der Waals surface area contributed by atoms with E-state index in [1.54, 1.807) is 21.5 Å². The van der Waals surface area contributed by atoms with Crippen molar-refractivity contribution in [1.82, 2.24) is 33.9 Å². The molecule has 0 unspecified atom stereocenters. The molecule has 1 aliphatic rings. The summed E-state index contributed by atoms with van der Waals surface area (Å²) in [7, 11) is 0. The maximum absolute atomic E-state index is 13.8. The molecule has 0 saturated heterocycles. The van der Waals surface area contributed by atoms with Crippen molar-refractivity contribution in [3.05, 3.63) is 76.7 Å². The third kappa shape index (κ3) is 2.59. The minimum absolute atomic E-state index is 0.186. The molecule has 4 aromatic heterocycles. The Balaban J connectivity index is 1.66. The van der Waals surface area contributed by atoms with Gasteiger partial charge in [0.2, 0.25) is 6.19 Å². The van der Waals surface area contributed by atoms with E-state index >= 15 is 0 Å². The highest BCUT2D eigenvalue weighted by atomic mass is 16.1. The fourth-order valence-corrected chi connectivity index (χ4v) is 4.33. The first kappa shape index (κ1) is 18.4. The fourth-order valence-electron chi connectivity index (χ4n) is 4.33. The normalized spacial score (nSPS) is 14.6. The molecule has 0 bridgehead atoms. The molecule has 1 aromatic carbocycles. The third-order valence-electron chi connectivity index (χ3n) is 6.25. The molecule has 0 amide bonds. The molecule has 1 saturated carbocycles. The smallest absolute Gasteiger partial charge is 0.278 e. The average Bonchev–Trinajstić information content (AvgIpc) is 3.24. The molecule has 9 heteroatoms. The summed E-state index contributed by atoms with van der Waals surface area (Å²) >= 11 is 0. The van der Waals surface area contributed by atoms with E-state index in [0.29, 0.717) is 29.1 Å². The van der Waals surface area contributed by atoms with E-state index in [-0.39, 0.29) is 11.0 Å². The van der Waals surface area contributed by atoms with Gasteiger partial charge in [-0.05, 0) is 37.1 Å². The average molecular weight is 422 g/mol. The number of nitriles is 1. The molecule has 4 heterocycles. The van der Waals surface area contributed by atoms with E-state index < -0.39 is 0 Å². The zero-order valence-corrected chi connectivity index (χ0v) is 17.3. The van der Waals surface area contributed by atoms with E-state index in [0.717, 1.165) is 29.6 Å². The van der Waals surface area contributed by atoms with Gasteiger partial charge in [-0.1, -0.05) is 30.3 Å². The number of hydrogen-bond acceptors (Lipinski definition) is 6. The topological polar surface area (TPSA) is 107 Å². The van der Waals surface area contributed by atoms with Crippen LogP contribution >= 0.6 is 0 Å². The lowest BCUT2D eigenvalue weighted by Crippen LogP contribution is -2.24. The summed E-state index contributed by atoms with van der Waals surface area (Å²) in [4.78, 5) is 22.8. The van der Waals surface area contributed by atoms with Gasteiger partial charge in [0.05, 0.1) is 29.0 Å². The summed E-state index contributed by atoms with van der Waals surface area (Å²) in [5.74, 6) is 0. The van der Waals surface area contributed by atoms with Gasteiger partial charge in [-0.2, -0.15) is 5.26 Å². The molecule has 9 nitrogen and oxygen atoms in total. The van der Waals surface area contributed by atoms with Gasteiger partial charge in [-0.15, -0.1) is 9.78 Å². The Morgan fingerprint density at radius 3 is 2.56 bits per heavy atom. The number of nitrogens with zero attached hydrogens (tertiary/aromatic N) is 8. The second kappa shape index (κ2) is 6.59. The molecule has 0 N–H and O–H groups in total. The number of para-hydroxylation sites is 2. The molecule has 156 valence electrons. The molecular formula is C23H18N8O. The standard InChI is InChI=1S/C23H18N8O/c1-23(9-10-23)21-19(27-28-31(21)13-24)18-20-22(32)29(12-15-6-4-5-11-25-15)16-7-2-3-8-17(16)30(20)14-26-18/h2-8,11,14H,9-10,12H2,1H3. The number of aromatic nitrogens is 7. The molecule has 6 rings (SSSR count). The zero-order valence-electron chi connectivity index (χ0n) is 17.3. The number of imidazole rings is 1. The van der Waals surface area contributed by atoms with Crippen LogP contribution in [0.1, 0.15) is 31.2 Å². The summed E-state index contributed by atoms with van der Waals surface area (Å²) in [6.45, 7) is 2.41. The van der Waals surface area contributed by atoms with Crippen molar-refractivity contribution in [2.75, 3.05) is 0 Å². The molecule has 0 aliphatic heterocycles. The Kier molecular flexibility index (Phi) is 3.80. The first-order valence-corrected chi connectivity index (χ1v) is 10.4. The van der Waals surface area contributed by atoms with Gasteiger partial charge >= 0.3 is 0 Å². The fraction of sp³-hybridized carbons (Fsp3) is 0.217. The molecule has 1 fully saturated rings. The Bertz CT molecular complexity index is 1600. The van der Waals surface area contributed by atoms with Crippen molar-refractivity contribution in [1.29, 1.82) is 5.26 Å². The maximum Gasteiger partial charge on any atom is 0.278 e. The molecule has 0 atom stereocenters. The zero-order chi connectivity index (χ0) is 21.9. The van der Waals surface area contributed by atoms with E-state index in [4.69, 9.17) is 0 Å². The van der Waals surface area contributed by atoms with Crippen LogP contribution < -0.4 is 5.56 Å². The lowest BCUT2D eigenvalue weighted by atomic mass is 10.0. The summed E-state index contributed by atoms with van der Waals surface area (Å²) < 4.78 is 4.76. The minimum atomic E-state index is -0.194. The lowest BCUT2D eigenvalue weighted by molar-refractivity contribution is 0.683. The first-order valence-electron chi connectivity index (χ1n) is 10.4. The van der Waals surface area contributed by atoms with Gasteiger partial charge in [0.15, 0.2) is 0 Å². The van der Waals surface area contributed by atoms with Crippen LogP contribution in [0.15, 0.2) is 59.8 Å². The Labute approximate surface area is 182 Å². The Morgan fingerprint density at radius 2 is 1.84 bits per heavy atom. The van der Waals surface area contributed by atoms with Crippen LogP contribution in [0, 0.1) is 11.5 Å². The van der Waals surface area contributed by atoms with Crippen molar-refractivity contribution >= 4 is 16.6 Å². The summed E-state index contributed by atoms with van der Waals surface area (Å²) in [6, 6.07) is 13.4. The van der Waals surface area contributed by atoms with Crippen molar-refractivity contribution in [3.8, 4) is 17.6 Å². The van der Waals surface area contributed by atoms with E-state index in [2.05, 4.69) is 33.4 Å². The number of fused-ring (bicyclic) bond motifs is 3. The highest BCUT2D eigenvalue weighted by Gasteiger charge is 2.45. The van der Waals surface area contributed by atoms with Crippen LogP contribution in [-0.2, 0) is 12.0 Å². The molecule has 32 heavy (non-hydrogen) atoms. The number of hydrogen-bond donors (Lipinski definition) is 0. The third-order valence-corrected chi connectivity index (χ3v) is 6.25. The Hall–Kier alpha value is -4.32. The van der Waals surface area contributed by atoms with Gasteiger partial charge in [0, 0.05) is 11.6 Å². The van der Waals surface area contributed by atoms with Crippen molar-refractivity contribution in [3.63, 3.8) is 0 Å². The lowest BCUT2D eigenvalue weighted by Gasteiger charge is -2.13. The predicted molar refractivity (Wildman–Crippen MR) is 117 cm³/mol. The summed E-state index contributed by atoms with van der Waals surface area (Å²) in [5, 5.41) is 17.8. The highest BCUT2D eigenvalue weighted by Crippen LogP contribution is 2.50. The van der Waals surface area contributed by atoms with E-state index in [1.807, 2.05) is 42.5 Å². The van der Waals surface area contributed by atoms with Crippen molar-refractivity contribution < 1.29 is 0 Å². The number of benzene rings is 1. The Morgan fingerprint density at radius 1 is 1.06 bits per heavy atom. The monoisotopic (exact) mass is 422 g/mol. The van der Waals surface area contributed by atoms with Crippen molar-refractivity contribution in [2.45, 2.75) is 31.7 Å². The largest absolute Gasteiger partial charge is 0.299 e. The van der Waals surface area contributed by atoms with Crippen LogP contribution in [0.25, 0.3) is 27.9 Å². The minimum Gasteiger partial charge on any atom is -0.299 e. The van der Waals surface area contributed by atoms with Gasteiger partial charge < -0.3 is 0 Å². The summed E-state index contributed by atoms with van der Waals surface area (Å²) in [5.41, 5.74) is 4.10. The highest BCUT2D eigenvalue weighted by molar-refractivity contribution is 5.85. The van der Waals surface area contributed by atoms with E-state index in [9.17, 15) is 10.1 Å². The van der Waals surface area contributed by atoms with E-state index in [1.165, 1.54) is 4.68 Å². The molecular weight excluding hydrogens is 404 g/mol. The van der Waals surface area contributed by atoms with Crippen LogP contribution in [0.5, 0.6) is 0 Å². The second-order valence-corrected chi connectivity index (χ2v) is 8.37. The second-order valence-electron chi connectivity index (χ2n) is 8.37. The van der Waals surface area contributed by atoms with Gasteiger partial charge in [0.1, 0.15) is 23.2 Å². The van der Waals surface area contributed by atoms with Gasteiger partial charge in [0.25, 0.3) is 5.56 Å². The first-order chi connectivity index (χ1) is 15.6. The maximum atomic E-state index is 13.8. The predicted octanol–water partition coefficient (Wildman–Crippen LogP) is 2.73. The SMILES string of the molecule is CC1(c2c(-c3ncn4c3c(=O)n(Cc3ccccn3)c3ccccc34)nnn2C#N)CC1. The van der Waals surface area contributed by atoms with Crippen LogP contribution in [0.3, 0.4) is 0 Å². The quantitative estimate of drug-likeness (QED) is 0.441. The number of rotatable bonds is 4. The molecule has 5 aromatic rings. The van der Waals surface area contributed by atoms with Gasteiger partial charge in [-0.25, -0.2) is 4.98 Å². The molecule has 1 aliphatic carbocycles. The van der Waals surface area contributed by atoms with Crippen molar-refractivity contribution in [2.24, 2.45) is 0 Å². The number of pyridine rings is 1. The summed E-state index contributed by atoms with van der Waals surface area (Å²) in [6.07, 6.45) is 7.31. The van der Waals surface area contributed by atoms with Gasteiger partial charge in [-0.3, -0.25) is 18.7 Å².